The summed E-state index contributed by atoms with van der Waals surface area (Å²) in [6.45, 7) is -1.19. The largest absolute Gasteiger partial charge is 0.432 e. The number of anilines is 1. The van der Waals surface area contributed by atoms with E-state index in [1.165, 1.54) is 6.07 Å². The molecule has 1 amide bonds. The van der Waals surface area contributed by atoms with Crippen molar-refractivity contribution < 1.29 is 22.7 Å². The number of amides is 1. The average Bonchev–Trinajstić information content (AvgIpc) is 2.92. The van der Waals surface area contributed by atoms with Gasteiger partial charge in [-0.1, -0.05) is 0 Å². The smallest absolute Gasteiger partial charge is 0.387 e. The van der Waals surface area contributed by atoms with Crippen LogP contribution < -0.4 is 15.4 Å². The first-order chi connectivity index (χ1) is 10.0. The maximum Gasteiger partial charge on any atom is 0.387 e. The van der Waals surface area contributed by atoms with Gasteiger partial charge in [0.1, 0.15) is 0 Å². The van der Waals surface area contributed by atoms with E-state index in [-0.39, 0.29) is 24.0 Å². The highest BCUT2D eigenvalue weighted by atomic mass is 35.5. The summed E-state index contributed by atoms with van der Waals surface area (Å²) in [6.07, 6.45) is 2.18. The van der Waals surface area contributed by atoms with Crippen molar-refractivity contribution in [1.82, 2.24) is 5.32 Å². The number of hydrogen-bond acceptors (Lipinski definition) is 3. The molecule has 8 heteroatoms. The fraction of sp³-hybridized carbons (Fsp3) is 0.500. The van der Waals surface area contributed by atoms with Crippen LogP contribution in [0.2, 0.25) is 0 Å². The van der Waals surface area contributed by atoms with Gasteiger partial charge in [0.25, 0.3) is 0 Å². The Morgan fingerprint density at radius 3 is 2.82 bits per heavy atom. The number of hydrogen-bond donors (Lipinski definition) is 2. The predicted molar refractivity (Wildman–Crippen MR) is 79.1 cm³/mol. The number of rotatable bonds is 6. The Balaban J connectivity index is 0.00000242. The lowest BCUT2D eigenvalue weighted by Gasteiger charge is -2.10. The molecular formula is C14H18ClF3N2O2. The van der Waals surface area contributed by atoms with E-state index in [4.69, 9.17) is 0 Å². The fourth-order valence-corrected chi connectivity index (χ4v) is 2.29. The van der Waals surface area contributed by atoms with Gasteiger partial charge >= 0.3 is 6.61 Å². The van der Waals surface area contributed by atoms with Crippen molar-refractivity contribution in [2.24, 2.45) is 5.92 Å². The van der Waals surface area contributed by atoms with E-state index in [2.05, 4.69) is 15.4 Å². The molecule has 1 aromatic carbocycles. The molecule has 1 aliphatic heterocycles. The lowest BCUT2D eigenvalue weighted by Crippen LogP contribution is -2.15. The van der Waals surface area contributed by atoms with Crippen LogP contribution in [-0.4, -0.2) is 25.6 Å². The maximum absolute atomic E-state index is 13.5. The Labute approximate surface area is 132 Å². The van der Waals surface area contributed by atoms with Crippen LogP contribution in [0.1, 0.15) is 19.3 Å². The second-order valence-electron chi connectivity index (χ2n) is 4.97. The summed E-state index contributed by atoms with van der Waals surface area (Å²) in [5, 5.41) is 5.76. The number of alkyl halides is 2. The van der Waals surface area contributed by atoms with Crippen molar-refractivity contribution in [3.8, 4) is 5.75 Å². The van der Waals surface area contributed by atoms with Crippen molar-refractivity contribution in [2.75, 3.05) is 18.4 Å². The Kier molecular flexibility index (Phi) is 7.47. The highest BCUT2D eigenvalue weighted by Gasteiger charge is 2.16. The third kappa shape index (κ3) is 5.73. The molecule has 0 aromatic heterocycles. The van der Waals surface area contributed by atoms with Crippen molar-refractivity contribution >= 4 is 24.0 Å². The van der Waals surface area contributed by atoms with Crippen LogP contribution in [-0.2, 0) is 4.79 Å². The van der Waals surface area contributed by atoms with E-state index in [0.717, 1.165) is 38.1 Å². The monoisotopic (exact) mass is 338 g/mol. The molecule has 1 saturated heterocycles. The summed E-state index contributed by atoms with van der Waals surface area (Å²) in [4.78, 5) is 11.7. The minimum atomic E-state index is -3.08. The lowest BCUT2D eigenvalue weighted by atomic mass is 10.0. The molecule has 0 aliphatic carbocycles. The third-order valence-corrected chi connectivity index (χ3v) is 3.37. The number of nitrogens with one attached hydrogen (secondary N) is 2. The molecule has 0 bridgehead atoms. The van der Waals surface area contributed by atoms with Gasteiger partial charge in [-0.2, -0.15) is 8.78 Å². The highest BCUT2D eigenvalue weighted by Crippen LogP contribution is 2.23. The van der Waals surface area contributed by atoms with Gasteiger partial charge in [0.2, 0.25) is 5.91 Å². The minimum Gasteiger partial charge on any atom is -0.432 e. The van der Waals surface area contributed by atoms with Crippen LogP contribution in [0, 0.1) is 11.7 Å². The standard InChI is InChI=1S/C14H17F3N2O2.ClH/c15-11-7-10(2-3-12(11)21-14(16)17)19-13(20)4-1-9-5-6-18-8-9;/h2-3,7,9,14,18H,1,4-6,8H2,(H,19,20);1H. The summed E-state index contributed by atoms with van der Waals surface area (Å²) in [5.41, 5.74) is 0.226. The molecule has 22 heavy (non-hydrogen) atoms. The van der Waals surface area contributed by atoms with E-state index in [1.807, 2.05) is 0 Å². The first-order valence-corrected chi connectivity index (χ1v) is 6.79. The van der Waals surface area contributed by atoms with Crippen molar-refractivity contribution in [3.05, 3.63) is 24.0 Å². The van der Waals surface area contributed by atoms with Crippen LogP contribution in [0.25, 0.3) is 0 Å². The molecule has 1 atom stereocenters. The number of halogens is 4. The second-order valence-corrected chi connectivity index (χ2v) is 4.97. The van der Waals surface area contributed by atoms with Crippen molar-refractivity contribution in [1.29, 1.82) is 0 Å². The number of benzene rings is 1. The summed E-state index contributed by atoms with van der Waals surface area (Å²) < 4.78 is 41.5. The highest BCUT2D eigenvalue weighted by molar-refractivity contribution is 5.90. The molecule has 1 aromatic rings. The molecule has 124 valence electrons. The Bertz CT molecular complexity index is 497. The summed E-state index contributed by atoms with van der Waals surface area (Å²) in [7, 11) is 0. The van der Waals surface area contributed by atoms with Gasteiger partial charge in [0.15, 0.2) is 11.6 Å². The normalized spacial score (nSPS) is 17.2. The van der Waals surface area contributed by atoms with E-state index in [0.29, 0.717) is 12.3 Å². The van der Waals surface area contributed by atoms with Gasteiger partial charge in [-0.05, 0) is 44.0 Å². The molecule has 2 N–H and O–H groups in total. The van der Waals surface area contributed by atoms with Gasteiger partial charge in [-0.25, -0.2) is 4.39 Å². The Hall–Kier alpha value is -1.47. The quantitative estimate of drug-likeness (QED) is 0.837. The molecule has 1 fully saturated rings. The van der Waals surface area contributed by atoms with Crippen molar-refractivity contribution in [2.45, 2.75) is 25.9 Å². The first-order valence-electron chi connectivity index (χ1n) is 6.79. The molecule has 4 nitrogen and oxygen atoms in total. The molecule has 1 heterocycles. The first kappa shape index (κ1) is 18.6. The zero-order valence-electron chi connectivity index (χ0n) is 11.8. The minimum absolute atomic E-state index is 0. The van der Waals surface area contributed by atoms with E-state index in [1.54, 1.807) is 0 Å². The predicted octanol–water partition coefficient (Wildman–Crippen LogP) is 3.18. The molecular weight excluding hydrogens is 321 g/mol. The van der Waals surface area contributed by atoms with Gasteiger partial charge in [0, 0.05) is 18.2 Å². The van der Waals surface area contributed by atoms with Crippen LogP contribution in [0.15, 0.2) is 18.2 Å². The van der Waals surface area contributed by atoms with E-state index < -0.39 is 18.2 Å². The molecule has 0 radical (unpaired) electrons. The summed E-state index contributed by atoms with van der Waals surface area (Å²) >= 11 is 0. The van der Waals surface area contributed by atoms with E-state index in [9.17, 15) is 18.0 Å². The van der Waals surface area contributed by atoms with Crippen LogP contribution in [0.5, 0.6) is 5.75 Å². The van der Waals surface area contributed by atoms with E-state index >= 15 is 0 Å². The average molecular weight is 339 g/mol. The summed E-state index contributed by atoms with van der Waals surface area (Å²) in [6, 6.07) is 3.36. The third-order valence-electron chi connectivity index (χ3n) is 3.37. The van der Waals surface area contributed by atoms with Crippen LogP contribution >= 0.6 is 12.4 Å². The number of carbonyl (C=O) groups excluding carboxylic acids is 1. The van der Waals surface area contributed by atoms with Gasteiger partial charge in [-0.15, -0.1) is 12.4 Å². The number of ether oxygens (including phenoxy) is 1. The van der Waals surface area contributed by atoms with Gasteiger partial charge in [-0.3, -0.25) is 4.79 Å². The fourth-order valence-electron chi connectivity index (χ4n) is 2.29. The topological polar surface area (TPSA) is 50.4 Å². The molecule has 1 unspecified atom stereocenters. The molecule has 2 rings (SSSR count). The van der Waals surface area contributed by atoms with Crippen molar-refractivity contribution in [3.63, 3.8) is 0 Å². The zero-order chi connectivity index (χ0) is 15.2. The SMILES string of the molecule is Cl.O=C(CCC1CCNC1)Nc1ccc(OC(F)F)c(F)c1. The van der Waals surface area contributed by atoms with Gasteiger partial charge in [0.05, 0.1) is 0 Å². The lowest BCUT2D eigenvalue weighted by molar-refractivity contribution is -0.116. The van der Waals surface area contributed by atoms with Crippen LogP contribution in [0.3, 0.4) is 0 Å². The summed E-state index contributed by atoms with van der Waals surface area (Å²) in [5.74, 6) is -1.20. The zero-order valence-corrected chi connectivity index (χ0v) is 12.6. The second kappa shape index (κ2) is 8.85. The van der Waals surface area contributed by atoms with Gasteiger partial charge < -0.3 is 15.4 Å². The molecule has 0 saturated carbocycles. The maximum atomic E-state index is 13.5. The molecule has 0 spiro atoms. The Morgan fingerprint density at radius 2 is 2.23 bits per heavy atom. The van der Waals surface area contributed by atoms with Crippen LogP contribution in [0.4, 0.5) is 18.9 Å². The number of carbonyl (C=O) groups is 1. The Morgan fingerprint density at radius 1 is 1.45 bits per heavy atom. The molecule has 1 aliphatic rings.